The van der Waals surface area contributed by atoms with Crippen LogP contribution in [0.15, 0.2) is 48.5 Å². The lowest BCUT2D eigenvalue weighted by Crippen LogP contribution is -2.37. The Balaban J connectivity index is 1.38. The van der Waals surface area contributed by atoms with Crippen LogP contribution in [0.1, 0.15) is 40.0 Å². The number of fused-ring (bicyclic) bond motifs is 1. The van der Waals surface area contributed by atoms with Crippen molar-refractivity contribution in [3.63, 3.8) is 0 Å². The third-order valence-electron chi connectivity index (χ3n) is 5.05. The molecule has 2 aromatic carbocycles. The fourth-order valence-electron chi connectivity index (χ4n) is 3.63. The van der Waals surface area contributed by atoms with Crippen LogP contribution in [0.25, 0.3) is 0 Å². The molecule has 0 aliphatic carbocycles. The van der Waals surface area contributed by atoms with Crippen molar-refractivity contribution in [2.75, 3.05) is 29.9 Å². The van der Waals surface area contributed by atoms with Gasteiger partial charge in [-0.05, 0) is 55.7 Å². The summed E-state index contributed by atoms with van der Waals surface area (Å²) in [4.78, 5) is 40.3. The maximum absolute atomic E-state index is 12.3. The zero-order chi connectivity index (χ0) is 18.8. The van der Waals surface area contributed by atoms with E-state index in [1.165, 1.54) is 19.3 Å². The summed E-state index contributed by atoms with van der Waals surface area (Å²) in [6.07, 6.45) is 3.69. The lowest BCUT2D eigenvalue weighted by atomic mass is 10.1. The van der Waals surface area contributed by atoms with E-state index in [1.807, 2.05) is 24.3 Å². The highest BCUT2D eigenvalue weighted by Crippen LogP contribution is 2.23. The van der Waals surface area contributed by atoms with Crippen LogP contribution in [0, 0.1) is 0 Å². The highest BCUT2D eigenvalue weighted by Gasteiger charge is 2.36. The first kappa shape index (κ1) is 17.3. The molecule has 0 spiro atoms. The number of hydrogen-bond donors (Lipinski definition) is 1. The molecule has 6 heteroatoms. The maximum atomic E-state index is 12.3. The summed E-state index contributed by atoms with van der Waals surface area (Å²) in [6.45, 7) is 1.83. The first-order valence-electron chi connectivity index (χ1n) is 9.23. The van der Waals surface area contributed by atoms with Crippen molar-refractivity contribution in [2.45, 2.75) is 19.3 Å². The van der Waals surface area contributed by atoms with Crippen molar-refractivity contribution >= 4 is 29.1 Å². The second-order valence-electron chi connectivity index (χ2n) is 6.88. The minimum absolute atomic E-state index is 0.291. The average molecular weight is 363 g/mol. The number of anilines is 2. The molecule has 0 bridgehead atoms. The molecule has 1 saturated heterocycles. The van der Waals surface area contributed by atoms with Gasteiger partial charge in [-0.15, -0.1) is 0 Å². The molecular formula is C21H21N3O3. The summed E-state index contributed by atoms with van der Waals surface area (Å²) in [6, 6.07) is 14.3. The molecule has 1 N–H and O–H groups in total. The van der Waals surface area contributed by atoms with Crippen LogP contribution in [-0.2, 0) is 4.79 Å². The number of imide groups is 1. The number of carbonyl (C=O) groups is 3. The van der Waals surface area contributed by atoms with Gasteiger partial charge in [0, 0.05) is 24.5 Å². The SMILES string of the molecule is O=C(CN1C(=O)c2ccccc2C1=O)Nc1ccc(N2CCCCC2)cc1. The minimum Gasteiger partial charge on any atom is -0.372 e. The molecule has 0 atom stereocenters. The van der Waals surface area contributed by atoms with E-state index in [2.05, 4.69) is 10.2 Å². The highest BCUT2D eigenvalue weighted by atomic mass is 16.2. The van der Waals surface area contributed by atoms with Crippen molar-refractivity contribution in [2.24, 2.45) is 0 Å². The van der Waals surface area contributed by atoms with Crippen LogP contribution < -0.4 is 10.2 Å². The molecule has 6 nitrogen and oxygen atoms in total. The van der Waals surface area contributed by atoms with Gasteiger partial charge in [-0.25, -0.2) is 0 Å². The number of benzene rings is 2. The van der Waals surface area contributed by atoms with Crippen LogP contribution in [0.5, 0.6) is 0 Å². The first-order valence-corrected chi connectivity index (χ1v) is 9.23. The van der Waals surface area contributed by atoms with Gasteiger partial charge in [0.25, 0.3) is 11.8 Å². The summed E-state index contributed by atoms with van der Waals surface area (Å²) < 4.78 is 0. The molecule has 2 aliphatic heterocycles. The van der Waals surface area contributed by atoms with E-state index in [4.69, 9.17) is 0 Å². The first-order chi connectivity index (χ1) is 13.1. The van der Waals surface area contributed by atoms with Gasteiger partial charge in [0.1, 0.15) is 6.54 Å². The van der Waals surface area contributed by atoms with Gasteiger partial charge in [0.2, 0.25) is 5.91 Å². The molecule has 4 rings (SSSR count). The Hall–Kier alpha value is -3.15. The molecule has 0 radical (unpaired) electrons. The van der Waals surface area contributed by atoms with E-state index in [0.717, 1.165) is 23.7 Å². The number of rotatable bonds is 4. The van der Waals surface area contributed by atoms with E-state index in [-0.39, 0.29) is 6.54 Å². The van der Waals surface area contributed by atoms with Gasteiger partial charge in [0.15, 0.2) is 0 Å². The van der Waals surface area contributed by atoms with E-state index in [9.17, 15) is 14.4 Å². The highest BCUT2D eigenvalue weighted by molar-refractivity contribution is 6.22. The molecule has 2 aliphatic rings. The van der Waals surface area contributed by atoms with E-state index >= 15 is 0 Å². The quantitative estimate of drug-likeness (QED) is 0.848. The Morgan fingerprint density at radius 2 is 1.44 bits per heavy atom. The number of nitrogens with one attached hydrogen (secondary N) is 1. The van der Waals surface area contributed by atoms with Crippen molar-refractivity contribution in [1.29, 1.82) is 0 Å². The normalized spacial score (nSPS) is 16.4. The van der Waals surface area contributed by atoms with E-state index in [0.29, 0.717) is 16.8 Å². The molecule has 138 valence electrons. The molecule has 2 heterocycles. The predicted octanol–water partition coefficient (Wildman–Crippen LogP) is 2.91. The smallest absolute Gasteiger partial charge is 0.262 e. The Kier molecular flexibility index (Phi) is 4.62. The van der Waals surface area contributed by atoms with Gasteiger partial charge in [-0.3, -0.25) is 19.3 Å². The van der Waals surface area contributed by atoms with Crippen LogP contribution in [-0.4, -0.2) is 42.3 Å². The second kappa shape index (κ2) is 7.23. The molecule has 3 amide bonds. The van der Waals surface area contributed by atoms with Gasteiger partial charge in [-0.1, -0.05) is 12.1 Å². The zero-order valence-electron chi connectivity index (χ0n) is 15.0. The number of hydrogen-bond acceptors (Lipinski definition) is 4. The minimum atomic E-state index is -0.425. The van der Waals surface area contributed by atoms with Gasteiger partial charge in [-0.2, -0.15) is 0 Å². The Morgan fingerprint density at radius 3 is 2.04 bits per heavy atom. The molecule has 0 unspecified atom stereocenters. The summed E-state index contributed by atoms with van der Waals surface area (Å²) in [7, 11) is 0. The fraction of sp³-hybridized carbons (Fsp3) is 0.286. The summed E-state index contributed by atoms with van der Waals surface area (Å²) in [5.41, 5.74) is 2.49. The van der Waals surface area contributed by atoms with Crippen molar-refractivity contribution < 1.29 is 14.4 Å². The average Bonchev–Trinajstić information content (AvgIpc) is 2.94. The number of piperidine rings is 1. The summed E-state index contributed by atoms with van der Waals surface area (Å²) in [5, 5.41) is 2.76. The lowest BCUT2D eigenvalue weighted by Gasteiger charge is -2.28. The zero-order valence-corrected chi connectivity index (χ0v) is 15.0. The largest absolute Gasteiger partial charge is 0.372 e. The van der Waals surface area contributed by atoms with Crippen LogP contribution in [0.4, 0.5) is 11.4 Å². The molecule has 27 heavy (non-hydrogen) atoms. The molecule has 2 aromatic rings. The Morgan fingerprint density at radius 1 is 0.852 bits per heavy atom. The summed E-state index contributed by atoms with van der Waals surface area (Å²) in [5.74, 6) is -1.24. The standard InChI is InChI=1S/C21H21N3O3/c25-19(14-24-20(26)17-6-2-3-7-18(17)21(24)27)22-15-8-10-16(11-9-15)23-12-4-1-5-13-23/h2-3,6-11H,1,4-5,12-14H2,(H,22,25). The Bertz CT molecular complexity index is 851. The van der Waals surface area contributed by atoms with Gasteiger partial charge in [0.05, 0.1) is 11.1 Å². The van der Waals surface area contributed by atoms with Crippen molar-refractivity contribution in [3.05, 3.63) is 59.7 Å². The van der Waals surface area contributed by atoms with Crippen LogP contribution in [0.2, 0.25) is 0 Å². The number of carbonyl (C=O) groups excluding carboxylic acids is 3. The lowest BCUT2D eigenvalue weighted by molar-refractivity contribution is -0.116. The number of nitrogens with zero attached hydrogens (tertiary/aromatic N) is 2. The van der Waals surface area contributed by atoms with E-state index < -0.39 is 17.7 Å². The molecular weight excluding hydrogens is 342 g/mol. The van der Waals surface area contributed by atoms with Crippen LogP contribution >= 0.6 is 0 Å². The Labute approximate surface area is 157 Å². The summed E-state index contributed by atoms with van der Waals surface area (Å²) >= 11 is 0. The van der Waals surface area contributed by atoms with Crippen molar-refractivity contribution in [1.82, 2.24) is 4.90 Å². The second-order valence-corrected chi connectivity index (χ2v) is 6.88. The van der Waals surface area contributed by atoms with Crippen molar-refractivity contribution in [3.8, 4) is 0 Å². The fourth-order valence-corrected chi connectivity index (χ4v) is 3.63. The maximum Gasteiger partial charge on any atom is 0.262 e. The molecule has 0 saturated carbocycles. The van der Waals surface area contributed by atoms with Gasteiger partial charge >= 0.3 is 0 Å². The predicted molar refractivity (Wildman–Crippen MR) is 103 cm³/mol. The molecule has 0 aromatic heterocycles. The third-order valence-corrected chi connectivity index (χ3v) is 5.05. The topological polar surface area (TPSA) is 69.7 Å². The van der Waals surface area contributed by atoms with E-state index in [1.54, 1.807) is 24.3 Å². The number of amides is 3. The van der Waals surface area contributed by atoms with Gasteiger partial charge < -0.3 is 10.2 Å². The van der Waals surface area contributed by atoms with Crippen LogP contribution in [0.3, 0.4) is 0 Å². The third kappa shape index (κ3) is 3.43. The molecule has 1 fully saturated rings. The monoisotopic (exact) mass is 363 g/mol.